The number of carboxylic acids is 1. The molecule has 1 aliphatic rings. The molecule has 0 amide bonds. The zero-order chi connectivity index (χ0) is 10.8. The fourth-order valence-electron chi connectivity index (χ4n) is 2.37. The predicted octanol–water partition coefficient (Wildman–Crippen LogP) is 2.18. The maximum absolute atomic E-state index is 11.2. The van der Waals surface area contributed by atoms with Crippen molar-refractivity contribution >= 4 is 5.97 Å². The fraction of sp³-hybridized carbons (Fsp3) is 0.909. The third-order valence-corrected chi connectivity index (χ3v) is 3.89. The van der Waals surface area contributed by atoms with Gasteiger partial charge in [0.25, 0.3) is 0 Å². The van der Waals surface area contributed by atoms with Crippen molar-refractivity contribution in [2.75, 3.05) is 0 Å². The van der Waals surface area contributed by atoms with Gasteiger partial charge in [0.1, 0.15) is 0 Å². The van der Waals surface area contributed by atoms with Crippen LogP contribution in [0.15, 0.2) is 0 Å². The number of hydrogen-bond donors (Lipinski definition) is 2. The van der Waals surface area contributed by atoms with E-state index in [1.165, 1.54) is 0 Å². The van der Waals surface area contributed by atoms with Crippen molar-refractivity contribution in [3.05, 3.63) is 0 Å². The van der Waals surface area contributed by atoms with Crippen LogP contribution >= 0.6 is 0 Å². The summed E-state index contributed by atoms with van der Waals surface area (Å²) >= 11 is 0. The van der Waals surface area contributed by atoms with E-state index in [2.05, 4.69) is 0 Å². The van der Waals surface area contributed by atoms with Crippen LogP contribution in [0.3, 0.4) is 0 Å². The third kappa shape index (κ3) is 1.65. The van der Waals surface area contributed by atoms with E-state index in [0.29, 0.717) is 19.3 Å². The highest BCUT2D eigenvalue weighted by atomic mass is 16.4. The summed E-state index contributed by atoms with van der Waals surface area (Å²) in [4.78, 5) is 11.2. The van der Waals surface area contributed by atoms with Crippen molar-refractivity contribution in [1.82, 2.24) is 0 Å². The molecule has 0 radical (unpaired) electrons. The molecule has 1 saturated carbocycles. The number of aliphatic hydroxyl groups is 1. The molecule has 1 atom stereocenters. The molecule has 0 heterocycles. The Balaban J connectivity index is 2.90. The molecule has 0 bridgehead atoms. The Morgan fingerprint density at radius 1 is 1.36 bits per heavy atom. The Hall–Kier alpha value is -0.570. The Labute approximate surface area is 85.1 Å². The van der Waals surface area contributed by atoms with Crippen molar-refractivity contribution in [2.45, 2.75) is 58.0 Å². The van der Waals surface area contributed by atoms with Crippen LogP contribution in [0.5, 0.6) is 0 Å². The lowest BCUT2D eigenvalue weighted by Gasteiger charge is -2.44. The van der Waals surface area contributed by atoms with E-state index in [1.54, 1.807) is 6.92 Å². The van der Waals surface area contributed by atoms with Crippen molar-refractivity contribution in [2.24, 2.45) is 5.41 Å². The average Bonchev–Trinajstić information content (AvgIpc) is 2.17. The molecule has 0 spiro atoms. The molecule has 0 saturated heterocycles. The topological polar surface area (TPSA) is 57.5 Å². The average molecular weight is 200 g/mol. The molecular weight excluding hydrogens is 180 g/mol. The van der Waals surface area contributed by atoms with Gasteiger partial charge in [-0.2, -0.15) is 0 Å². The van der Waals surface area contributed by atoms with Gasteiger partial charge in [0.2, 0.25) is 0 Å². The number of carboxylic acid groups (broad SMARTS) is 1. The normalized spacial score (nSPS) is 25.4. The van der Waals surface area contributed by atoms with Gasteiger partial charge < -0.3 is 10.2 Å². The molecule has 3 nitrogen and oxygen atoms in total. The van der Waals surface area contributed by atoms with Gasteiger partial charge in [-0.3, -0.25) is 4.79 Å². The fourth-order valence-corrected chi connectivity index (χ4v) is 2.37. The van der Waals surface area contributed by atoms with E-state index in [1.807, 2.05) is 6.92 Å². The van der Waals surface area contributed by atoms with Crippen molar-refractivity contribution in [1.29, 1.82) is 0 Å². The third-order valence-electron chi connectivity index (χ3n) is 3.89. The van der Waals surface area contributed by atoms with Crippen LogP contribution < -0.4 is 0 Å². The smallest absolute Gasteiger partial charge is 0.312 e. The first-order chi connectivity index (χ1) is 6.46. The van der Waals surface area contributed by atoms with E-state index in [4.69, 9.17) is 0 Å². The molecule has 0 aliphatic heterocycles. The summed E-state index contributed by atoms with van der Waals surface area (Å²) in [7, 11) is 0. The Morgan fingerprint density at radius 2 is 1.86 bits per heavy atom. The molecule has 1 rings (SSSR count). The quantitative estimate of drug-likeness (QED) is 0.734. The molecule has 1 fully saturated rings. The van der Waals surface area contributed by atoms with Crippen LogP contribution in [0, 0.1) is 5.41 Å². The molecule has 1 unspecified atom stereocenters. The van der Waals surface area contributed by atoms with Crippen LogP contribution in [-0.2, 0) is 4.79 Å². The number of aliphatic carboxylic acids is 1. The van der Waals surface area contributed by atoms with E-state index < -0.39 is 17.0 Å². The minimum Gasteiger partial charge on any atom is -0.481 e. The van der Waals surface area contributed by atoms with Gasteiger partial charge >= 0.3 is 5.97 Å². The van der Waals surface area contributed by atoms with Gasteiger partial charge in [0.15, 0.2) is 0 Å². The minimum atomic E-state index is -0.994. The molecule has 0 aromatic rings. The first kappa shape index (κ1) is 11.5. The second kappa shape index (κ2) is 3.89. The zero-order valence-electron chi connectivity index (χ0n) is 9.05. The lowest BCUT2D eigenvalue weighted by Crippen LogP contribution is -2.52. The highest BCUT2D eigenvalue weighted by Crippen LogP contribution is 2.44. The molecular formula is C11H20O3. The van der Waals surface area contributed by atoms with Gasteiger partial charge in [-0.1, -0.05) is 26.2 Å². The highest BCUT2D eigenvalue weighted by Gasteiger charge is 2.51. The number of carbonyl (C=O) groups is 1. The summed E-state index contributed by atoms with van der Waals surface area (Å²) in [5.74, 6) is -0.871. The molecule has 2 N–H and O–H groups in total. The highest BCUT2D eigenvalue weighted by molar-refractivity contribution is 5.75. The molecule has 14 heavy (non-hydrogen) atoms. The molecule has 0 aromatic carbocycles. The minimum absolute atomic E-state index is 0.485. The largest absolute Gasteiger partial charge is 0.481 e. The predicted molar refractivity (Wildman–Crippen MR) is 54.1 cm³/mol. The maximum Gasteiger partial charge on any atom is 0.312 e. The monoisotopic (exact) mass is 200 g/mol. The van der Waals surface area contributed by atoms with Crippen LogP contribution in [0.1, 0.15) is 52.4 Å². The van der Waals surface area contributed by atoms with Crippen LogP contribution in [0.25, 0.3) is 0 Å². The summed E-state index contributed by atoms with van der Waals surface area (Å²) in [6.07, 6.45) is 4.74. The van der Waals surface area contributed by atoms with Crippen molar-refractivity contribution in [3.63, 3.8) is 0 Å². The molecule has 1 aliphatic carbocycles. The first-order valence-corrected chi connectivity index (χ1v) is 5.42. The van der Waals surface area contributed by atoms with Crippen molar-refractivity contribution in [3.8, 4) is 0 Å². The molecule has 3 heteroatoms. The van der Waals surface area contributed by atoms with E-state index in [-0.39, 0.29) is 0 Å². The van der Waals surface area contributed by atoms with Gasteiger partial charge in [-0.05, 0) is 26.2 Å². The summed E-state index contributed by atoms with van der Waals surface area (Å²) in [6, 6.07) is 0. The second-order valence-electron chi connectivity index (χ2n) is 4.58. The van der Waals surface area contributed by atoms with Gasteiger partial charge in [0.05, 0.1) is 11.0 Å². The van der Waals surface area contributed by atoms with Gasteiger partial charge in [-0.25, -0.2) is 0 Å². The SMILES string of the molecule is CCC(C)(C(=O)O)C1(O)CCCCC1. The Morgan fingerprint density at radius 3 is 2.21 bits per heavy atom. The van der Waals surface area contributed by atoms with Crippen LogP contribution in [0.4, 0.5) is 0 Å². The lowest BCUT2D eigenvalue weighted by atomic mass is 9.65. The van der Waals surface area contributed by atoms with E-state index in [0.717, 1.165) is 19.3 Å². The maximum atomic E-state index is 11.2. The number of rotatable bonds is 3. The lowest BCUT2D eigenvalue weighted by molar-refractivity contribution is -0.172. The Kier molecular flexibility index (Phi) is 3.20. The van der Waals surface area contributed by atoms with Gasteiger partial charge in [0, 0.05) is 0 Å². The second-order valence-corrected chi connectivity index (χ2v) is 4.58. The van der Waals surface area contributed by atoms with E-state index >= 15 is 0 Å². The van der Waals surface area contributed by atoms with Crippen molar-refractivity contribution < 1.29 is 15.0 Å². The summed E-state index contributed by atoms with van der Waals surface area (Å²) in [5.41, 5.74) is -1.97. The molecule has 82 valence electrons. The molecule has 0 aromatic heterocycles. The van der Waals surface area contributed by atoms with Crippen LogP contribution in [0.2, 0.25) is 0 Å². The standard InChI is InChI=1S/C11H20O3/c1-3-10(2,9(12)13)11(14)7-5-4-6-8-11/h14H,3-8H2,1-2H3,(H,12,13). The summed E-state index contributed by atoms with van der Waals surface area (Å²) < 4.78 is 0. The zero-order valence-corrected chi connectivity index (χ0v) is 9.05. The van der Waals surface area contributed by atoms with Crippen LogP contribution in [-0.4, -0.2) is 21.8 Å². The first-order valence-electron chi connectivity index (χ1n) is 5.42. The Bertz CT molecular complexity index is 219. The van der Waals surface area contributed by atoms with Gasteiger partial charge in [-0.15, -0.1) is 0 Å². The number of hydrogen-bond acceptors (Lipinski definition) is 2. The summed E-state index contributed by atoms with van der Waals surface area (Å²) in [5, 5.41) is 19.6. The summed E-state index contributed by atoms with van der Waals surface area (Å²) in [6.45, 7) is 3.50. The van der Waals surface area contributed by atoms with E-state index in [9.17, 15) is 15.0 Å².